The van der Waals surface area contributed by atoms with Gasteiger partial charge in [-0.25, -0.2) is 4.98 Å². The third-order valence-electron chi connectivity index (χ3n) is 2.83. The molecule has 1 aromatic heterocycles. The standard InChI is InChI=1S/C15H15ClN2O3/c1-20-12-6-5-10(8-13(12)21-2)9-14(19)18-15-11(16)4-3-7-17-15/h3-8H,9H2,1-2H3,(H,17,18,19). The summed E-state index contributed by atoms with van der Waals surface area (Å²) in [6.45, 7) is 0. The molecule has 1 N–H and O–H groups in total. The van der Waals surface area contributed by atoms with Crippen molar-refractivity contribution in [3.63, 3.8) is 0 Å². The summed E-state index contributed by atoms with van der Waals surface area (Å²) in [7, 11) is 3.11. The Morgan fingerprint density at radius 1 is 1.24 bits per heavy atom. The molecule has 0 radical (unpaired) electrons. The van der Waals surface area contributed by atoms with E-state index in [2.05, 4.69) is 10.3 Å². The molecule has 5 nitrogen and oxygen atoms in total. The number of hydrogen-bond donors (Lipinski definition) is 1. The molecule has 0 aliphatic rings. The van der Waals surface area contributed by atoms with Crippen molar-refractivity contribution in [3.8, 4) is 11.5 Å². The van der Waals surface area contributed by atoms with Crippen molar-refractivity contribution in [3.05, 3.63) is 47.1 Å². The third kappa shape index (κ3) is 3.86. The quantitative estimate of drug-likeness (QED) is 0.922. The molecule has 1 heterocycles. The van der Waals surface area contributed by atoms with Crippen LogP contribution in [0.2, 0.25) is 5.02 Å². The van der Waals surface area contributed by atoms with Crippen molar-refractivity contribution in [2.75, 3.05) is 19.5 Å². The maximum atomic E-state index is 12.0. The van der Waals surface area contributed by atoms with Crippen LogP contribution in [0.5, 0.6) is 11.5 Å². The second-order valence-corrected chi connectivity index (χ2v) is 4.66. The summed E-state index contributed by atoms with van der Waals surface area (Å²) in [5.41, 5.74) is 0.803. The van der Waals surface area contributed by atoms with Crippen molar-refractivity contribution >= 4 is 23.3 Å². The van der Waals surface area contributed by atoms with Gasteiger partial charge in [-0.15, -0.1) is 0 Å². The number of benzene rings is 1. The highest BCUT2D eigenvalue weighted by atomic mass is 35.5. The van der Waals surface area contributed by atoms with E-state index in [4.69, 9.17) is 21.1 Å². The number of ether oxygens (including phenoxy) is 2. The van der Waals surface area contributed by atoms with E-state index < -0.39 is 0 Å². The third-order valence-corrected chi connectivity index (χ3v) is 3.13. The van der Waals surface area contributed by atoms with Crippen molar-refractivity contribution < 1.29 is 14.3 Å². The molecular formula is C15H15ClN2O3. The van der Waals surface area contributed by atoms with E-state index in [1.807, 2.05) is 0 Å². The SMILES string of the molecule is COc1ccc(CC(=O)Nc2ncccc2Cl)cc1OC. The first kappa shape index (κ1) is 15.1. The number of carbonyl (C=O) groups excluding carboxylic acids is 1. The van der Waals surface area contributed by atoms with Gasteiger partial charge in [-0.3, -0.25) is 4.79 Å². The maximum absolute atomic E-state index is 12.0. The molecule has 21 heavy (non-hydrogen) atoms. The Morgan fingerprint density at radius 3 is 2.67 bits per heavy atom. The fourth-order valence-electron chi connectivity index (χ4n) is 1.83. The molecule has 2 aromatic rings. The largest absolute Gasteiger partial charge is 0.493 e. The Bertz CT molecular complexity index is 647. The fraction of sp³-hybridized carbons (Fsp3) is 0.200. The van der Waals surface area contributed by atoms with Gasteiger partial charge in [0.15, 0.2) is 17.3 Å². The van der Waals surface area contributed by atoms with E-state index in [-0.39, 0.29) is 12.3 Å². The summed E-state index contributed by atoms with van der Waals surface area (Å²) >= 11 is 5.94. The number of amides is 1. The number of methoxy groups -OCH3 is 2. The lowest BCUT2D eigenvalue weighted by Gasteiger charge is -2.10. The lowest BCUT2D eigenvalue weighted by Crippen LogP contribution is -2.15. The van der Waals surface area contributed by atoms with E-state index in [1.165, 1.54) is 0 Å². The summed E-state index contributed by atoms with van der Waals surface area (Å²) in [6.07, 6.45) is 1.76. The van der Waals surface area contributed by atoms with Crippen molar-refractivity contribution in [2.24, 2.45) is 0 Å². The van der Waals surface area contributed by atoms with Gasteiger partial charge >= 0.3 is 0 Å². The van der Waals surface area contributed by atoms with Crippen molar-refractivity contribution in [1.82, 2.24) is 4.98 Å². The Labute approximate surface area is 127 Å². The Balaban J connectivity index is 2.08. The van der Waals surface area contributed by atoms with Crippen LogP contribution < -0.4 is 14.8 Å². The van der Waals surface area contributed by atoms with Crippen LogP contribution in [-0.2, 0) is 11.2 Å². The highest BCUT2D eigenvalue weighted by Gasteiger charge is 2.10. The summed E-state index contributed by atoms with van der Waals surface area (Å²) in [5.74, 6) is 1.35. The predicted octanol–water partition coefficient (Wildman–Crippen LogP) is 2.93. The van der Waals surface area contributed by atoms with E-state index in [9.17, 15) is 4.79 Å². The minimum Gasteiger partial charge on any atom is -0.493 e. The molecule has 2 rings (SSSR count). The van der Waals surface area contributed by atoms with E-state index in [1.54, 1.807) is 50.7 Å². The van der Waals surface area contributed by atoms with Gasteiger partial charge in [-0.05, 0) is 29.8 Å². The molecule has 0 saturated carbocycles. The number of halogens is 1. The van der Waals surface area contributed by atoms with Crippen LogP contribution in [0.3, 0.4) is 0 Å². The maximum Gasteiger partial charge on any atom is 0.229 e. The number of pyridine rings is 1. The van der Waals surface area contributed by atoms with Crippen molar-refractivity contribution in [1.29, 1.82) is 0 Å². The predicted molar refractivity (Wildman–Crippen MR) is 81.1 cm³/mol. The van der Waals surface area contributed by atoms with E-state index in [0.29, 0.717) is 22.3 Å². The zero-order valence-electron chi connectivity index (χ0n) is 11.7. The van der Waals surface area contributed by atoms with Crippen LogP contribution >= 0.6 is 11.6 Å². The molecule has 0 fully saturated rings. The molecule has 1 aromatic carbocycles. The first-order chi connectivity index (χ1) is 10.1. The zero-order chi connectivity index (χ0) is 15.2. The van der Waals surface area contributed by atoms with E-state index >= 15 is 0 Å². The van der Waals surface area contributed by atoms with Crippen LogP contribution in [0.15, 0.2) is 36.5 Å². The van der Waals surface area contributed by atoms with Gasteiger partial charge in [0.1, 0.15) is 0 Å². The number of carbonyl (C=O) groups is 1. The van der Waals surface area contributed by atoms with Crippen LogP contribution in [0.1, 0.15) is 5.56 Å². The van der Waals surface area contributed by atoms with Gasteiger partial charge < -0.3 is 14.8 Å². The van der Waals surface area contributed by atoms with Gasteiger partial charge in [0, 0.05) is 6.20 Å². The molecule has 0 bridgehead atoms. The highest BCUT2D eigenvalue weighted by Crippen LogP contribution is 2.27. The smallest absolute Gasteiger partial charge is 0.229 e. The molecular weight excluding hydrogens is 292 g/mol. The average molecular weight is 307 g/mol. The van der Waals surface area contributed by atoms with E-state index in [0.717, 1.165) is 5.56 Å². The lowest BCUT2D eigenvalue weighted by atomic mass is 10.1. The topological polar surface area (TPSA) is 60.5 Å². The second kappa shape index (κ2) is 6.95. The number of aromatic nitrogens is 1. The summed E-state index contributed by atoms with van der Waals surface area (Å²) in [4.78, 5) is 16.0. The molecule has 0 spiro atoms. The van der Waals surface area contributed by atoms with Gasteiger partial charge in [0.2, 0.25) is 5.91 Å². The zero-order valence-corrected chi connectivity index (χ0v) is 12.5. The fourth-order valence-corrected chi connectivity index (χ4v) is 2.00. The van der Waals surface area contributed by atoms with Gasteiger partial charge in [0.25, 0.3) is 0 Å². The van der Waals surface area contributed by atoms with Gasteiger partial charge in [-0.2, -0.15) is 0 Å². The molecule has 110 valence electrons. The van der Waals surface area contributed by atoms with Crippen LogP contribution in [0.4, 0.5) is 5.82 Å². The van der Waals surface area contributed by atoms with Crippen LogP contribution in [-0.4, -0.2) is 25.1 Å². The second-order valence-electron chi connectivity index (χ2n) is 4.25. The highest BCUT2D eigenvalue weighted by molar-refractivity contribution is 6.33. The first-order valence-corrected chi connectivity index (χ1v) is 6.63. The monoisotopic (exact) mass is 306 g/mol. The number of hydrogen-bond acceptors (Lipinski definition) is 4. The van der Waals surface area contributed by atoms with Crippen LogP contribution in [0.25, 0.3) is 0 Å². The summed E-state index contributed by atoms with van der Waals surface area (Å²) < 4.78 is 10.4. The van der Waals surface area contributed by atoms with Gasteiger partial charge in [-0.1, -0.05) is 17.7 Å². The molecule has 0 aliphatic heterocycles. The van der Waals surface area contributed by atoms with Crippen LogP contribution in [0, 0.1) is 0 Å². The summed E-state index contributed by atoms with van der Waals surface area (Å²) in [6, 6.07) is 8.70. The average Bonchev–Trinajstić information content (AvgIpc) is 2.49. The molecule has 6 heteroatoms. The minimum absolute atomic E-state index is 0.188. The number of rotatable bonds is 5. The number of anilines is 1. The summed E-state index contributed by atoms with van der Waals surface area (Å²) in [5, 5.41) is 3.07. The minimum atomic E-state index is -0.206. The molecule has 0 unspecified atom stereocenters. The van der Waals surface area contributed by atoms with Crippen molar-refractivity contribution in [2.45, 2.75) is 6.42 Å². The molecule has 0 aliphatic carbocycles. The van der Waals surface area contributed by atoms with Gasteiger partial charge in [0.05, 0.1) is 25.7 Å². The number of nitrogens with one attached hydrogen (secondary N) is 1. The molecule has 0 saturated heterocycles. The Kier molecular flexibility index (Phi) is 5.00. The Morgan fingerprint density at radius 2 is 2.00 bits per heavy atom. The lowest BCUT2D eigenvalue weighted by molar-refractivity contribution is -0.115. The molecule has 1 amide bonds. The molecule has 0 atom stereocenters. The normalized spacial score (nSPS) is 10.0. The number of nitrogens with zero attached hydrogens (tertiary/aromatic N) is 1. The Hall–Kier alpha value is -2.27. The first-order valence-electron chi connectivity index (χ1n) is 6.25.